The second-order valence-electron chi connectivity index (χ2n) is 7.18. The van der Waals surface area contributed by atoms with Crippen molar-refractivity contribution in [2.75, 3.05) is 13.2 Å². The molecule has 1 aliphatic heterocycles. The van der Waals surface area contributed by atoms with Gasteiger partial charge in [-0.1, -0.05) is 38.1 Å². The fraction of sp³-hybridized carbons (Fsp3) is 0.409. The van der Waals surface area contributed by atoms with Crippen LogP contribution in [0.15, 0.2) is 48.5 Å². The minimum atomic E-state index is -0.252. The van der Waals surface area contributed by atoms with Gasteiger partial charge >= 0.3 is 0 Å². The van der Waals surface area contributed by atoms with Crippen molar-refractivity contribution >= 4 is 5.91 Å². The van der Waals surface area contributed by atoms with Gasteiger partial charge in [0.2, 0.25) is 0 Å². The number of hydrogen-bond donors (Lipinski definition) is 2. The standard InChI is InChI=1S/C22H27NO4/c1-15(2)17-5-7-18(8-6-17)22(25)23-20-11-12-26-14-21(20)27-19-9-3-16(13-24)4-10-19/h3-10,15,20-21,24H,11-14H2,1-2H3,(H,23,25). The van der Waals surface area contributed by atoms with Gasteiger partial charge < -0.3 is 19.9 Å². The first-order chi connectivity index (χ1) is 13.1. The van der Waals surface area contributed by atoms with Crippen LogP contribution in [0.5, 0.6) is 5.75 Å². The van der Waals surface area contributed by atoms with Crippen LogP contribution in [0.1, 0.15) is 47.7 Å². The molecule has 3 rings (SSSR count). The molecule has 5 nitrogen and oxygen atoms in total. The highest BCUT2D eigenvalue weighted by atomic mass is 16.5. The number of aliphatic hydroxyl groups excluding tert-OH is 1. The van der Waals surface area contributed by atoms with E-state index in [2.05, 4.69) is 19.2 Å². The topological polar surface area (TPSA) is 67.8 Å². The monoisotopic (exact) mass is 369 g/mol. The fourth-order valence-corrected chi connectivity index (χ4v) is 3.11. The first-order valence-corrected chi connectivity index (χ1v) is 9.42. The summed E-state index contributed by atoms with van der Waals surface area (Å²) in [6.45, 7) is 5.29. The molecular weight excluding hydrogens is 342 g/mol. The van der Waals surface area contributed by atoms with Crippen molar-refractivity contribution in [2.24, 2.45) is 0 Å². The maximum Gasteiger partial charge on any atom is 0.251 e. The summed E-state index contributed by atoms with van der Waals surface area (Å²) in [5.74, 6) is 1.04. The summed E-state index contributed by atoms with van der Waals surface area (Å²) in [5, 5.41) is 12.2. The van der Waals surface area contributed by atoms with E-state index in [9.17, 15) is 4.79 Å². The number of benzene rings is 2. The van der Waals surface area contributed by atoms with E-state index in [1.807, 2.05) is 48.5 Å². The molecule has 2 aromatic rings. The Morgan fingerprint density at radius 1 is 1.19 bits per heavy atom. The molecule has 2 atom stereocenters. The van der Waals surface area contributed by atoms with Crippen LogP contribution in [0.2, 0.25) is 0 Å². The third kappa shape index (κ3) is 5.08. The highest BCUT2D eigenvalue weighted by molar-refractivity contribution is 5.94. The van der Waals surface area contributed by atoms with E-state index < -0.39 is 0 Å². The largest absolute Gasteiger partial charge is 0.486 e. The van der Waals surface area contributed by atoms with Gasteiger partial charge in [0.25, 0.3) is 5.91 Å². The Labute approximate surface area is 160 Å². The number of amides is 1. The summed E-state index contributed by atoms with van der Waals surface area (Å²) in [7, 11) is 0. The fourth-order valence-electron chi connectivity index (χ4n) is 3.11. The zero-order valence-electron chi connectivity index (χ0n) is 15.9. The summed E-state index contributed by atoms with van der Waals surface area (Å²) in [6, 6.07) is 14.9. The van der Waals surface area contributed by atoms with Gasteiger partial charge in [0, 0.05) is 12.2 Å². The molecule has 144 valence electrons. The number of rotatable bonds is 6. The number of hydrogen-bond acceptors (Lipinski definition) is 4. The lowest BCUT2D eigenvalue weighted by Gasteiger charge is -2.32. The molecule has 0 bridgehead atoms. The zero-order chi connectivity index (χ0) is 19.2. The Hall–Kier alpha value is -2.37. The van der Waals surface area contributed by atoms with Gasteiger partial charge in [-0.15, -0.1) is 0 Å². The molecule has 5 heteroatoms. The Bertz CT molecular complexity index is 740. The molecule has 0 spiro atoms. The molecule has 27 heavy (non-hydrogen) atoms. The molecule has 0 radical (unpaired) electrons. The van der Waals surface area contributed by atoms with Crippen LogP contribution in [0, 0.1) is 0 Å². The minimum Gasteiger partial charge on any atom is -0.486 e. The zero-order valence-corrected chi connectivity index (χ0v) is 15.9. The smallest absolute Gasteiger partial charge is 0.251 e. The lowest BCUT2D eigenvalue weighted by atomic mass is 10.0. The highest BCUT2D eigenvalue weighted by Gasteiger charge is 2.29. The quantitative estimate of drug-likeness (QED) is 0.820. The predicted octanol–water partition coefficient (Wildman–Crippen LogP) is 3.27. The minimum absolute atomic E-state index is 0.00109. The van der Waals surface area contributed by atoms with Gasteiger partial charge in [0.1, 0.15) is 11.9 Å². The molecule has 1 fully saturated rings. The first kappa shape index (κ1) is 19.4. The van der Waals surface area contributed by atoms with E-state index in [0.717, 1.165) is 5.56 Å². The Morgan fingerprint density at radius 3 is 2.52 bits per heavy atom. The Kier molecular flexibility index (Phi) is 6.48. The first-order valence-electron chi connectivity index (χ1n) is 9.42. The van der Waals surface area contributed by atoms with Gasteiger partial charge in [0.15, 0.2) is 0 Å². The second kappa shape index (κ2) is 9.02. The van der Waals surface area contributed by atoms with Crippen LogP contribution in [-0.4, -0.2) is 36.4 Å². The molecule has 0 aliphatic carbocycles. The van der Waals surface area contributed by atoms with Crippen LogP contribution in [0.4, 0.5) is 0 Å². The Morgan fingerprint density at radius 2 is 1.89 bits per heavy atom. The van der Waals surface area contributed by atoms with Crippen molar-refractivity contribution in [3.05, 3.63) is 65.2 Å². The van der Waals surface area contributed by atoms with E-state index in [4.69, 9.17) is 14.6 Å². The van der Waals surface area contributed by atoms with Gasteiger partial charge in [-0.2, -0.15) is 0 Å². The molecule has 2 aromatic carbocycles. The van der Waals surface area contributed by atoms with Crippen molar-refractivity contribution in [3.8, 4) is 5.75 Å². The Balaban J connectivity index is 1.64. The lowest BCUT2D eigenvalue weighted by molar-refractivity contribution is -0.0135. The van der Waals surface area contributed by atoms with Gasteiger partial charge in [0.05, 0.1) is 19.3 Å². The predicted molar refractivity (Wildman–Crippen MR) is 104 cm³/mol. The molecule has 2 N–H and O–H groups in total. The average Bonchev–Trinajstić information content (AvgIpc) is 2.70. The van der Waals surface area contributed by atoms with E-state index in [1.165, 1.54) is 5.56 Å². The SMILES string of the molecule is CC(C)c1ccc(C(=O)NC2CCOCC2Oc2ccc(CO)cc2)cc1. The van der Waals surface area contributed by atoms with Crippen LogP contribution in [0.25, 0.3) is 0 Å². The lowest BCUT2D eigenvalue weighted by Crippen LogP contribution is -2.51. The highest BCUT2D eigenvalue weighted by Crippen LogP contribution is 2.20. The van der Waals surface area contributed by atoms with Crippen molar-refractivity contribution in [1.82, 2.24) is 5.32 Å². The van der Waals surface area contributed by atoms with E-state index in [1.54, 1.807) is 0 Å². The third-order valence-electron chi connectivity index (χ3n) is 4.85. The normalized spacial score (nSPS) is 19.7. The molecule has 0 aromatic heterocycles. The van der Waals surface area contributed by atoms with E-state index in [0.29, 0.717) is 36.9 Å². The van der Waals surface area contributed by atoms with E-state index in [-0.39, 0.29) is 24.7 Å². The summed E-state index contributed by atoms with van der Waals surface area (Å²) in [5.41, 5.74) is 2.69. The van der Waals surface area contributed by atoms with Crippen LogP contribution in [0.3, 0.4) is 0 Å². The molecule has 0 saturated carbocycles. The average molecular weight is 369 g/mol. The molecule has 1 saturated heterocycles. The summed E-state index contributed by atoms with van der Waals surface area (Å²) in [4.78, 5) is 12.6. The van der Waals surface area contributed by atoms with Crippen LogP contribution >= 0.6 is 0 Å². The van der Waals surface area contributed by atoms with Crippen LogP contribution < -0.4 is 10.1 Å². The van der Waals surface area contributed by atoms with Crippen molar-refractivity contribution in [2.45, 2.75) is 44.9 Å². The molecule has 1 heterocycles. The third-order valence-corrected chi connectivity index (χ3v) is 4.85. The molecule has 2 unspecified atom stereocenters. The number of nitrogens with one attached hydrogen (secondary N) is 1. The van der Waals surface area contributed by atoms with Gasteiger partial charge in [-0.05, 0) is 47.7 Å². The molecule has 1 amide bonds. The second-order valence-corrected chi connectivity index (χ2v) is 7.18. The van der Waals surface area contributed by atoms with Crippen molar-refractivity contribution in [1.29, 1.82) is 0 Å². The summed E-state index contributed by atoms with van der Waals surface area (Å²) >= 11 is 0. The number of ether oxygens (including phenoxy) is 2. The number of carbonyl (C=O) groups excluding carboxylic acids is 1. The molecular formula is C22H27NO4. The number of carbonyl (C=O) groups is 1. The van der Waals surface area contributed by atoms with E-state index >= 15 is 0 Å². The summed E-state index contributed by atoms with van der Waals surface area (Å²) in [6.07, 6.45) is 0.451. The summed E-state index contributed by atoms with van der Waals surface area (Å²) < 4.78 is 11.6. The van der Waals surface area contributed by atoms with Crippen LogP contribution in [-0.2, 0) is 11.3 Å². The maximum atomic E-state index is 12.6. The van der Waals surface area contributed by atoms with Gasteiger partial charge in [-0.3, -0.25) is 4.79 Å². The maximum absolute atomic E-state index is 12.6. The van der Waals surface area contributed by atoms with Gasteiger partial charge in [-0.25, -0.2) is 0 Å². The molecule has 1 aliphatic rings. The van der Waals surface area contributed by atoms with Crippen molar-refractivity contribution < 1.29 is 19.4 Å². The number of aliphatic hydroxyl groups is 1. The van der Waals surface area contributed by atoms with Crippen molar-refractivity contribution in [3.63, 3.8) is 0 Å².